The number of amides is 3. The summed E-state index contributed by atoms with van der Waals surface area (Å²) < 4.78 is 1.46. The first kappa shape index (κ1) is 18.2. The lowest BCUT2D eigenvalue weighted by atomic mass is 9.96. The van der Waals surface area contributed by atoms with Gasteiger partial charge in [0.1, 0.15) is 11.2 Å². The van der Waals surface area contributed by atoms with Crippen molar-refractivity contribution in [3.63, 3.8) is 0 Å². The maximum Gasteiger partial charge on any atom is 0.272 e. The highest BCUT2D eigenvalue weighted by Crippen LogP contribution is 2.26. The monoisotopic (exact) mass is 381 g/mol. The van der Waals surface area contributed by atoms with E-state index < -0.39 is 5.54 Å². The van der Waals surface area contributed by atoms with Crippen molar-refractivity contribution in [1.29, 1.82) is 0 Å². The molecule has 8 heteroatoms. The number of nitrogens with zero attached hydrogens (tertiary/aromatic N) is 3. The highest BCUT2D eigenvalue weighted by molar-refractivity contribution is 6.01. The average molecular weight is 381 g/mol. The van der Waals surface area contributed by atoms with Crippen LogP contribution >= 0.6 is 0 Å². The number of carbonyl (C=O) groups is 3. The van der Waals surface area contributed by atoms with Gasteiger partial charge in [0.15, 0.2) is 5.69 Å². The lowest BCUT2D eigenvalue weighted by molar-refractivity contribution is -0.132. The van der Waals surface area contributed by atoms with E-state index in [4.69, 9.17) is 0 Å². The van der Waals surface area contributed by atoms with Crippen molar-refractivity contribution in [3.05, 3.63) is 53.3 Å². The topological polar surface area (TPSA) is 96.3 Å². The number of hydrogen-bond donors (Lipinski definition) is 2. The Morgan fingerprint density at radius 3 is 2.64 bits per heavy atom. The summed E-state index contributed by atoms with van der Waals surface area (Å²) in [6.45, 7) is 2.26. The van der Waals surface area contributed by atoms with E-state index in [1.807, 2.05) is 30.3 Å². The van der Waals surface area contributed by atoms with Gasteiger partial charge in [0, 0.05) is 25.7 Å². The molecule has 3 amide bonds. The first-order chi connectivity index (χ1) is 13.4. The summed E-state index contributed by atoms with van der Waals surface area (Å²) in [5.74, 6) is -0.881. The Labute approximate surface area is 162 Å². The lowest BCUT2D eigenvalue weighted by Gasteiger charge is -2.40. The molecule has 8 nitrogen and oxygen atoms in total. The van der Waals surface area contributed by atoms with Gasteiger partial charge in [0.05, 0.1) is 6.54 Å². The van der Waals surface area contributed by atoms with Gasteiger partial charge >= 0.3 is 0 Å². The Hall–Kier alpha value is -3.16. The largest absolute Gasteiger partial charge is 0.350 e. The van der Waals surface area contributed by atoms with Crippen molar-refractivity contribution < 1.29 is 14.4 Å². The fourth-order valence-corrected chi connectivity index (χ4v) is 3.29. The standard InChI is InChI=1S/C20H23N5O3/c1-20(19(28)21-11-13-6-4-3-5-7-13)12-25-16(18(27)24(20)2)10-15(23-25)17(26)22-14-8-9-14/h3-7,10,14H,8-9,11-12H2,1-2H3,(H,21,28)(H,22,26)/t20-/m1/s1. The molecule has 2 N–H and O–H groups in total. The summed E-state index contributed by atoms with van der Waals surface area (Å²) in [6, 6.07) is 11.3. The third kappa shape index (κ3) is 3.26. The van der Waals surface area contributed by atoms with Crippen LogP contribution in [0.3, 0.4) is 0 Å². The SMILES string of the molecule is CN1C(=O)c2cc(C(=O)NC3CC3)nn2C[C@]1(C)C(=O)NCc1ccccc1. The summed E-state index contributed by atoms with van der Waals surface area (Å²) in [6.07, 6.45) is 1.95. The van der Waals surface area contributed by atoms with E-state index in [1.165, 1.54) is 15.6 Å². The molecule has 1 fully saturated rings. The molecule has 146 valence electrons. The van der Waals surface area contributed by atoms with Crippen molar-refractivity contribution in [2.75, 3.05) is 7.05 Å². The van der Waals surface area contributed by atoms with E-state index in [1.54, 1.807) is 14.0 Å². The Bertz CT molecular complexity index is 935. The third-order valence-corrected chi connectivity index (χ3v) is 5.43. The van der Waals surface area contributed by atoms with Gasteiger partial charge < -0.3 is 15.5 Å². The van der Waals surface area contributed by atoms with Gasteiger partial charge in [0.25, 0.3) is 11.8 Å². The minimum atomic E-state index is -1.10. The van der Waals surface area contributed by atoms with Crippen LogP contribution in [-0.4, -0.2) is 51.0 Å². The van der Waals surface area contributed by atoms with Crippen molar-refractivity contribution >= 4 is 17.7 Å². The fourth-order valence-electron chi connectivity index (χ4n) is 3.29. The van der Waals surface area contributed by atoms with Gasteiger partial charge in [-0.15, -0.1) is 0 Å². The maximum atomic E-state index is 12.9. The van der Waals surface area contributed by atoms with Gasteiger partial charge in [-0.3, -0.25) is 19.1 Å². The van der Waals surface area contributed by atoms with Crippen LogP contribution in [0.25, 0.3) is 0 Å². The van der Waals surface area contributed by atoms with Crippen molar-refractivity contribution in [2.24, 2.45) is 0 Å². The van der Waals surface area contributed by atoms with Crippen LogP contribution in [0.15, 0.2) is 36.4 Å². The molecular formula is C20H23N5O3. The maximum absolute atomic E-state index is 12.9. The van der Waals surface area contributed by atoms with Gasteiger partial charge in [-0.1, -0.05) is 30.3 Å². The lowest BCUT2D eigenvalue weighted by Crippen LogP contribution is -2.62. The number of carbonyl (C=O) groups excluding carboxylic acids is 3. The average Bonchev–Trinajstić information content (AvgIpc) is 3.41. The van der Waals surface area contributed by atoms with E-state index in [2.05, 4.69) is 15.7 Å². The molecule has 1 atom stereocenters. The summed E-state index contributed by atoms with van der Waals surface area (Å²) in [7, 11) is 1.60. The quantitative estimate of drug-likeness (QED) is 0.806. The minimum absolute atomic E-state index is 0.182. The van der Waals surface area contributed by atoms with Gasteiger partial charge in [-0.2, -0.15) is 5.10 Å². The van der Waals surface area contributed by atoms with Crippen LogP contribution in [0.2, 0.25) is 0 Å². The predicted molar refractivity (Wildman–Crippen MR) is 102 cm³/mol. The molecule has 1 saturated carbocycles. The van der Waals surface area contributed by atoms with E-state index >= 15 is 0 Å². The molecule has 0 unspecified atom stereocenters. The van der Waals surface area contributed by atoms with Gasteiger partial charge in [-0.05, 0) is 25.3 Å². The zero-order valence-corrected chi connectivity index (χ0v) is 15.9. The molecule has 2 aromatic rings. The van der Waals surface area contributed by atoms with Gasteiger partial charge in [-0.25, -0.2) is 0 Å². The summed E-state index contributed by atoms with van der Waals surface area (Å²) in [5, 5.41) is 10.1. The number of rotatable bonds is 5. The zero-order chi connectivity index (χ0) is 19.9. The Morgan fingerprint density at radius 2 is 1.96 bits per heavy atom. The number of benzene rings is 1. The zero-order valence-electron chi connectivity index (χ0n) is 15.9. The van der Waals surface area contributed by atoms with Gasteiger partial charge in [0.2, 0.25) is 5.91 Å². The van der Waals surface area contributed by atoms with Crippen LogP contribution in [0, 0.1) is 0 Å². The molecule has 4 rings (SSSR count). The molecule has 28 heavy (non-hydrogen) atoms. The number of aromatic nitrogens is 2. The van der Waals surface area contributed by atoms with Crippen LogP contribution < -0.4 is 10.6 Å². The highest BCUT2D eigenvalue weighted by Gasteiger charge is 2.46. The molecule has 0 saturated heterocycles. The molecule has 0 bridgehead atoms. The van der Waals surface area contributed by atoms with Crippen molar-refractivity contribution in [2.45, 2.75) is 44.4 Å². The molecule has 1 aliphatic heterocycles. The second kappa shape index (κ2) is 6.78. The number of fused-ring (bicyclic) bond motifs is 1. The Balaban J connectivity index is 1.52. The predicted octanol–water partition coefficient (Wildman–Crippen LogP) is 0.936. The Kier molecular flexibility index (Phi) is 4.41. The van der Waals surface area contributed by atoms with E-state index in [-0.39, 0.29) is 36.0 Å². The van der Waals surface area contributed by atoms with Crippen LogP contribution in [0.4, 0.5) is 0 Å². The third-order valence-electron chi connectivity index (χ3n) is 5.43. The first-order valence-electron chi connectivity index (χ1n) is 9.37. The Morgan fingerprint density at radius 1 is 1.25 bits per heavy atom. The second-order valence-electron chi connectivity index (χ2n) is 7.63. The summed E-state index contributed by atoms with van der Waals surface area (Å²) in [5.41, 5.74) is 0.396. The number of nitrogens with one attached hydrogen (secondary N) is 2. The normalized spacial score (nSPS) is 21.2. The molecule has 1 aromatic heterocycles. The van der Waals surface area contributed by atoms with E-state index in [0.29, 0.717) is 12.2 Å². The summed E-state index contributed by atoms with van der Waals surface area (Å²) in [4.78, 5) is 39.5. The number of hydrogen-bond acceptors (Lipinski definition) is 4. The minimum Gasteiger partial charge on any atom is -0.350 e. The van der Waals surface area contributed by atoms with E-state index in [9.17, 15) is 14.4 Å². The molecule has 1 aliphatic carbocycles. The molecule has 2 heterocycles. The molecule has 0 radical (unpaired) electrons. The van der Waals surface area contributed by atoms with Crippen LogP contribution in [0.1, 0.15) is 46.3 Å². The molecular weight excluding hydrogens is 358 g/mol. The number of likely N-dealkylation sites (N-methyl/N-ethyl adjacent to an activating group) is 1. The van der Waals surface area contributed by atoms with Crippen molar-refractivity contribution in [1.82, 2.24) is 25.3 Å². The first-order valence-corrected chi connectivity index (χ1v) is 9.37. The smallest absolute Gasteiger partial charge is 0.272 e. The van der Waals surface area contributed by atoms with E-state index in [0.717, 1.165) is 18.4 Å². The van der Waals surface area contributed by atoms with Crippen LogP contribution in [-0.2, 0) is 17.9 Å². The highest BCUT2D eigenvalue weighted by atomic mass is 16.2. The molecule has 1 aromatic carbocycles. The summed E-state index contributed by atoms with van der Waals surface area (Å²) >= 11 is 0. The molecule has 0 spiro atoms. The second-order valence-corrected chi connectivity index (χ2v) is 7.63. The van der Waals surface area contributed by atoms with Crippen molar-refractivity contribution in [3.8, 4) is 0 Å². The fraction of sp³-hybridized carbons (Fsp3) is 0.400. The van der Waals surface area contributed by atoms with Crippen LogP contribution in [0.5, 0.6) is 0 Å². The molecule has 2 aliphatic rings.